The number of fused-ring (bicyclic) bond motifs is 1. The van der Waals surface area contributed by atoms with Gasteiger partial charge in [-0.3, -0.25) is 9.78 Å². The number of imidazole rings is 1. The molecule has 0 spiro atoms. The average molecular weight is 380 g/mol. The van der Waals surface area contributed by atoms with E-state index in [1.54, 1.807) is 35.2 Å². The highest BCUT2D eigenvalue weighted by Crippen LogP contribution is 2.23. The van der Waals surface area contributed by atoms with Gasteiger partial charge in [-0.15, -0.1) is 5.10 Å². The van der Waals surface area contributed by atoms with Crippen molar-refractivity contribution >= 4 is 23.1 Å². The molecule has 4 rings (SSSR count). The molecule has 1 amide bonds. The maximum atomic E-state index is 12.4. The average Bonchev–Trinajstić information content (AvgIpc) is 3.14. The summed E-state index contributed by atoms with van der Waals surface area (Å²) in [7, 11) is 0. The van der Waals surface area contributed by atoms with Gasteiger partial charge in [-0.1, -0.05) is 0 Å². The van der Waals surface area contributed by atoms with E-state index in [2.05, 4.69) is 25.7 Å². The molecule has 8 heteroatoms. The highest BCUT2D eigenvalue weighted by molar-refractivity contribution is 6.03. The number of amides is 1. The van der Waals surface area contributed by atoms with Crippen molar-refractivity contribution in [3.05, 3.63) is 48.5 Å². The second-order valence-electron chi connectivity index (χ2n) is 6.91. The Balaban J connectivity index is 1.41. The van der Waals surface area contributed by atoms with Crippen molar-refractivity contribution in [2.24, 2.45) is 0 Å². The summed E-state index contributed by atoms with van der Waals surface area (Å²) in [4.78, 5) is 20.7. The van der Waals surface area contributed by atoms with Gasteiger partial charge in [0.2, 0.25) is 0 Å². The molecule has 1 fully saturated rings. The molecule has 0 bridgehead atoms. The Kier molecular flexibility index (Phi) is 5.48. The van der Waals surface area contributed by atoms with E-state index in [0.717, 1.165) is 38.1 Å². The Morgan fingerprint density at radius 3 is 2.71 bits per heavy atom. The molecule has 0 radical (unpaired) electrons. The van der Waals surface area contributed by atoms with Crippen LogP contribution in [0.4, 0.5) is 11.5 Å². The molecule has 146 valence electrons. The minimum absolute atomic E-state index is 0.277. The number of anilines is 2. The quantitative estimate of drug-likeness (QED) is 0.682. The molecule has 1 saturated carbocycles. The minimum atomic E-state index is -0.277. The number of ether oxygens (including phenoxy) is 1. The van der Waals surface area contributed by atoms with Crippen LogP contribution in [0, 0.1) is 0 Å². The van der Waals surface area contributed by atoms with Gasteiger partial charge in [0.25, 0.3) is 5.91 Å². The van der Waals surface area contributed by atoms with Crippen LogP contribution in [0.1, 0.15) is 43.1 Å². The Morgan fingerprint density at radius 1 is 1.18 bits per heavy atom. The zero-order valence-electron chi connectivity index (χ0n) is 15.8. The van der Waals surface area contributed by atoms with Gasteiger partial charge in [-0.25, -0.2) is 9.50 Å². The van der Waals surface area contributed by atoms with E-state index in [0.29, 0.717) is 29.2 Å². The van der Waals surface area contributed by atoms with Crippen molar-refractivity contribution < 1.29 is 9.53 Å². The molecule has 3 heterocycles. The molecule has 2 N–H and O–H groups in total. The minimum Gasteiger partial charge on any atom is -0.379 e. The molecule has 8 nitrogen and oxygen atoms in total. The third kappa shape index (κ3) is 4.28. The molecule has 28 heavy (non-hydrogen) atoms. The molecule has 0 aliphatic heterocycles. The summed E-state index contributed by atoms with van der Waals surface area (Å²) in [6.07, 6.45) is 9.54. The number of rotatable bonds is 6. The molecule has 1 aliphatic rings. The van der Waals surface area contributed by atoms with Crippen molar-refractivity contribution in [2.75, 3.05) is 17.2 Å². The lowest BCUT2D eigenvalue weighted by molar-refractivity contribution is 0.0346. The molecule has 3 aromatic rings. The number of nitrogens with zero attached hydrogens (tertiary/aromatic N) is 4. The molecular formula is C20H24N6O2. The first-order valence-electron chi connectivity index (χ1n) is 9.67. The standard InChI is InChI=1S/C20H24N6O2/c1-2-28-16-5-3-14(4-6-16)22-18-7-8-19-24-17(13-26(19)25-18)20(27)23-15-9-11-21-12-10-15/h7-14,16H,2-6H2,1H3,(H,22,25)(H,21,23,27)/t14-,16-. The number of nitrogens with one attached hydrogen (secondary N) is 2. The number of aromatic nitrogens is 4. The van der Waals surface area contributed by atoms with Crippen LogP contribution in [-0.2, 0) is 4.74 Å². The number of carbonyl (C=O) groups excluding carboxylic acids is 1. The molecule has 0 unspecified atom stereocenters. The topological polar surface area (TPSA) is 93.4 Å². The smallest absolute Gasteiger partial charge is 0.275 e. The summed E-state index contributed by atoms with van der Waals surface area (Å²) < 4.78 is 7.34. The summed E-state index contributed by atoms with van der Waals surface area (Å²) in [6.45, 7) is 2.82. The van der Waals surface area contributed by atoms with Gasteiger partial charge in [-0.05, 0) is 56.9 Å². The Hall–Kier alpha value is -3.00. The predicted molar refractivity (Wildman–Crippen MR) is 106 cm³/mol. The highest BCUT2D eigenvalue weighted by Gasteiger charge is 2.21. The third-order valence-electron chi connectivity index (χ3n) is 4.92. The number of carbonyl (C=O) groups is 1. The van der Waals surface area contributed by atoms with E-state index in [9.17, 15) is 4.79 Å². The largest absolute Gasteiger partial charge is 0.379 e. The van der Waals surface area contributed by atoms with E-state index in [1.807, 2.05) is 19.1 Å². The van der Waals surface area contributed by atoms with Crippen LogP contribution in [0.2, 0.25) is 0 Å². The van der Waals surface area contributed by atoms with Crippen molar-refractivity contribution in [1.82, 2.24) is 19.6 Å². The fraction of sp³-hybridized carbons (Fsp3) is 0.400. The lowest BCUT2D eigenvalue weighted by Crippen LogP contribution is -2.30. The summed E-state index contributed by atoms with van der Waals surface area (Å²) in [5, 5.41) is 10.9. The van der Waals surface area contributed by atoms with Gasteiger partial charge < -0.3 is 15.4 Å². The van der Waals surface area contributed by atoms with E-state index < -0.39 is 0 Å². The first-order valence-corrected chi connectivity index (χ1v) is 9.67. The van der Waals surface area contributed by atoms with E-state index in [-0.39, 0.29) is 5.91 Å². The SMILES string of the molecule is CCO[C@H]1CC[C@H](Nc2ccc3nc(C(=O)Nc4ccncc4)cn3n2)CC1. The maximum Gasteiger partial charge on any atom is 0.275 e. The van der Waals surface area contributed by atoms with Crippen LogP contribution in [0.25, 0.3) is 5.65 Å². The molecule has 1 aliphatic carbocycles. The molecule has 0 saturated heterocycles. The zero-order chi connectivity index (χ0) is 19.3. The van der Waals surface area contributed by atoms with Crippen LogP contribution in [0.15, 0.2) is 42.9 Å². The number of hydrogen-bond acceptors (Lipinski definition) is 6. The van der Waals surface area contributed by atoms with Crippen LogP contribution >= 0.6 is 0 Å². The van der Waals surface area contributed by atoms with Crippen LogP contribution in [-0.4, -0.2) is 44.2 Å². The highest BCUT2D eigenvalue weighted by atomic mass is 16.5. The molecule has 0 atom stereocenters. The maximum absolute atomic E-state index is 12.4. The fourth-order valence-electron chi connectivity index (χ4n) is 3.52. The van der Waals surface area contributed by atoms with Gasteiger partial charge in [0.05, 0.1) is 12.3 Å². The Morgan fingerprint density at radius 2 is 1.96 bits per heavy atom. The lowest BCUT2D eigenvalue weighted by Gasteiger charge is -2.29. The second kappa shape index (κ2) is 8.35. The fourth-order valence-corrected chi connectivity index (χ4v) is 3.52. The first kappa shape index (κ1) is 18.4. The molecular weight excluding hydrogens is 356 g/mol. The van der Waals surface area contributed by atoms with Crippen LogP contribution in [0.3, 0.4) is 0 Å². The summed E-state index contributed by atoms with van der Waals surface area (Å²) in [5.41, 5.74) is 1.62. The summed E-state index contributed by atoms with van der Waals surface area (Å²) >= 11 is 0. The third-order valence-corrected chi connectivity index (χ3v) is 4.92. The second-order valence-corrected chi connectivity index (χ2v) is 6.91. The lowest BCUT2D eigenvalue weighted by atomic mass is 9.93. The number of hydrogen-bond donors (Lipinski definition) is 2. The molecule has 3 aromatic heterocycles. The summed E-state index contributed by atoms with van der Waals surface area (Å²) in [6, 6.07) is 7.62. The summed E-state index contributed by atoms with van der Waals surface area (Å²) in [5.74, 6) is 0.506. The predicted octanol–water partition coefficient (Wildman–Crippen LogP) is 3.14. The van der Waals surface area contributed by atoms with Crippen molar-refractivity contribution in [3.63, 3.8) is 0 Å². The monoisotopic (exact) mass is 380 g/mol. The van der Waals surface area contributed by atoms with Gasteiger partial charge in [-0.2, -0.15) is 0 Å². The van der Waals surface area contributed by atoms with Crippen molar-refractivity contribution in [2.45, 2.75) is 44.8 Å². The van der Waals surface area contributed by atoms with E-state index in [4.69, 9.17) is 4.74 Å². The first-order chi connectivity index (χ1) is 13.7. The van der Waals surface area contributed by atoms with Crippen LogP contribution < -0.4 is 10.6 Å². The Labute approximate surface area is 163 Å². The van der Waals surface area contributed by atoms with Crippen LogP contribution in [0.5, 0.6) is 0 Å². The van der Waals surface area contributed by atoms with Gasteiger partial charge in [0.1, 0.15) is 11.5 Å². The van der Waals surface area contributed by atoms with E-state index >= 15 is 0 Å². The number of pyridine rings is 1. The van der Waals surface area contributed by atoms with Crippen molar-refractivity contribution in [1.29, 1.82) is 0 Å². The van der Waals surface area contributed by atoms with Gasteiger partial charge in [0.15, 0.2) is 5.65 Å². The van der Waals surface area contributed by atoms with Gasteiger partial charge in [0, 0.05) is 30.7 Å². The molecule has 0 aromatic carbocycles. The Bertz CT molecular complexity index is 934. The van der Waals surface area contributed by atoms with Gasteiger partial charge >= 0.3 is 0 Å². The zero-order valence-corrected chi connectivity index (χ0v) is 15.8. The normalized spacial score (nSPS) is 19.5. The van der Waals surface area contributed by atoms with E-state index in [1.165, 1.54) is 0 Å². The van der Waals surface area contributed by atoms with Crippen molar-refractivity contribution in [3.8, 4) is 0 Å².